The lowest BCUT2D eigenvalue weighted by Crippen LogP contribution is -2.08. The Kier molecular flexibility index (Phi) is 4.65. The molecule has 0 saturated heterocycles. The van der Waals surface area contributed by atoms with Crippen molar-refractivity contribution in [3.8, 4) is 0 Å². The Morgan fingerprint density at radius 3 is 2.33 bits per heavy atom. The Hall–Kier alpha value is -1.85. The molecule has 0 aromatic heterocycles. The second-order valence-corrected chi connectivity index (χ2v) is 5.27. The van der Waals surface area contributed by atoms with Gasteiger partial charge in [0.15, 0.2) is 0 Å². The first-order chi connectivity index (χ1) is 9.88. The molecular weight excluding hydrogens is 318 g/mol. The molecule has 0 bridgehead atoms. The molecule has 2 aromatic rings. The number of anilines is 1. The van der Waals surface area contributed by atoms with Crippen molar-refractivity contribution in [2.75, 3.05) is 5.32 Å². The average molecular weight is 329 g/mol. The van der Waals surface area contributed by atoms with Gasteiger partial charge in [-0.25, -0.2) is 4.39 Å². The van der Waals surface area contributed by atoms with E-state index in [0.29, 0.717) is 0 Å². The van der Waals surface area contributed by atoms with E-state index in [-0.39, 0.29) is 33.3 Å². The summed E-state index contributed by atoms with van der Waals surface area (Å²) in [5.74, 6) is -0.341. The summed E-state index contributed by atoms with van der Waals surface area (Å²) in [6.45, 7) is 1.81. The quantitative estimate of drug-likeness (QED) is 0.618. The van der Waals surface area contributed by atoms with Crippen molar-refractivity contribution in [3.05, 3.63) is 67.9 Å². The van der Waals surface area contributed by atoms with Crippen LogP contribution in [0.2, 0.25) is 10.0 Å². The van der Waals surface area contributed by atoms with Gasteiger partial charge < -0.3 is 5.32 Å². The highest BCUT2D eigenvalue weighted by Crippen LogP contribution is 2.35. The van der Waals surface area contributed by atoms with E-state index in [0.717, 1.165) is 5.56 Å². The molecule has 1 N–H and O–H groups in total. The standard InChI is InChI=1S/C14H11Cl2FN2O2/c1-8(9-2-4-10(17)5-3-9)18-13-6-11(15)12(16)7-14(13)19(20)21/h2-8,18H,1H3. The minimum absolute atomic E-state index is 0.114. The Bertz CT molecular complexity index is 677. The van der Waals surface area contributed by atoms with Gasteiger partial charge in [0.05, 0.1) is 15.0 Å². The third-order valence-electron chi connectivity index (χ3n) is 2.98. The molecule has 2 rings (SSSR count). The molecular formula is C14H11Cl2FN2O2. The second-order valence-electron chi connectivity index (χ2n) is 4.46. The summed E-state index contributed by atoms with van der Waals surface area (Å²) in [6.07, 6.45) is 0. The molecule has 4 nitrogen and oxygen atoms in total. The summed E-state index contributed by atoms with van der Waals surface area (Å²) < 4.78 is 12.9. The molecule has 110 valence electrons. The number of benzene rings is 2. The van der Waals surface area contributed by atoms with Gasteiger partial charge in [0.25, 0.3) is 5.69 Å². The van der Waals surface area contributed by atoms with Crippen molar-refractivity contribution < 1.29 is 9.31 Å². The van der Waals surface area contributed by atoms with E-state index in [1.54, 1.807) is 19.1 Å². The molecule has 0 aliphatic heterocycles. The fourth-order valence-electron chi connectivity index (χ4n) is 1.87. The maximum Gasteiger partial charge on any atom is 0.293 e. The molecule has 0 radical (unpaired) electrons. The fraction of sp³-hybridized carbons (Fsp3) is 0.143. The van der Waals surface area contributed by atoms with Crippen LogP contribution >= 0.6 is 23.2 Å². The van der Waals surface area contributed by atoms with Crippen LogP contribution in [0.15, 0.2) is 36.4 Å². The molecule has 7 heteroatoms. The molecule has 0 fully saturated rings. The van der Waals surface area contributed by atoms with Gasteiger partial charge >= 0.3 is 0 Å². The van der Waals surface area contributed by atoms with E-state index in [1.165, 1.54) is 24.3 Å². The molecule has 2 aromatic carbocycles. The number of nitro groups is 1. The third-order valence-corrected chi connectivity index (χ3v) is 3.70. The van der Waals surface area contributed by atoms with Crippen molar-refractivity contribution >= 4 is 34.6 Å². The fourth-order valence-corrected chi connectivity index (χ4v) is 2.19. The normalized spacial score (nSPS) is 12.0. The van der Waals surface area contributed by atoms with Crippen LogP contribution in [0.3, 0.4) is 0 Å². The van der Waals surface area contributed by atoms with Crippen LogP contribution in [0.5, 0.6) is 0 Å². The molecule has 1 unspecified atom stereocenters. The van der Waals surface area contributed by atoms with Crippen molar-refractivity contribution in [1.82, 2.24) is 0 Å². The second kappa shape index (κ2) is 6.28. The topological polar surface area (TPSA) is 55.2 Å². The van der Waals surface area contributed by atoms with Crippen LogP contribution in [-0.4, -0.2) is 4.92 Å². The smallest absolute Gasteiger partial charge is 0.293 e. The minimum atomic E-state index is -0.540. The highest BCUT2D eigenvalue weighted by molar-refractivity contribution is 6.42. The molecule has 0 saturated carbocycles. The predicted octanol–water partition coefficient (Wildman–Crippen LogP) is 5.21. The first-order valence-corrected chi connectivity index (χ1v) is 6.79. The van der Waals surface area contributed by atoms with E-state index in [2.05, 4.69) is 5.32 Å². The molecule has 0 aliphatic carbocycles. The van der Waals surface area contributed by atoms with Gasteiger partial charge in [-0.1, -0.05) is 35.3 Å². The van der Waals surface area contributed by atoms with E-state index in [9.17, 15) is 14.5 Å². The lowest BCUT2D eigenvalue weighted by molar-refractivity contribution is -0.384. The molecule has 21 heavy (non-hydrogen) atoms. The van der Waals surface area contributed by atoms with Gasteiger partial charge in [0.1, 0.15) is 11.5 Å². The molecule has 0 spiro atoms. The summed E-state index contributed by atoms with van der Waals surface area (Å²) in [7, 11) is 0. The highest BCUT2D eigenvalue weighted by Gasteiger charge is 2.19. The van der Waals surface area contributed by atoms with Crippen LogP contribution in [0.1, 0.15) is 18.5 Å². The first kappa shape index (κ1) is 15.5. The first-order valence-electron chi connectivity index (χ1n) is 6.04. The monoisotopic (exact) mass is 328 g/mol. The predicted molar refractivity (Wildman–Crippen MR) is 81.6 cm³/mol. The van der Waals surface area contributed by atoms with Gasteiger partial charge in [0, 0.05) is 12.1 Å². The minimum Gasteiger partial charge on any atom is -0.373 e. The van der Waals surface area contributed by atoms with E-state index in [4.69, 9.17) is 23.2 Å². The van der Waals surface area contributed by atoms with Crippen LogP contribution in [-0.2, 0) is 0 Å². The van der Waals surface area contributed by atoms with E-state index in [1.807, 2.05) is 0 Å². The summed E-state index contributed by atoms with van der Waals surface area (Å²) >= 11 is 11.7. The summed E-state index contributed by atoms with van der Waals surface area (Å²) in [5, 5.41) is 14.4. The molecule has 0 amide bonds. The van der Waals surface area contributed by atoms with Crippen molar-refractivity contribution in [2.45, 2.75) is 13.0 Å². The average Bonchev–Trinajstić information content (AvgIpc) is 2.43. The zero-order valence-corrected chi connectivity index (χ0v) is 12.5. The Balaban J connectivity index is 2.32. The van der Waals surface area contributed by atoms with Crippen LogP contribution in [0, 0.1) is 15.9 Å². The van der Waals surface area contributed by atoms with Crippen molar-refractivity contribution in [2.24, 2.45) is 0 Å². The third kappa shape index (κ3) is 3.62. The maximum atomic E-state index is 12.9. The Morgan fingerprint density at radius 2 is 1.76 bits per heavy atom. The van der Waals surface area contributed by atoms with E-state index < -0.39 is 4.92 Å². The number of halogens is 3. The number of nitro benzene ring substituents is 1. The molecule has 0 heterocycles. The van der Waals surface area contributed by atoms with Crippen molar-refractivity contribution in [3.63, 3.8) is 0 Å². The van der Waals surface area contributed by atoms with Gasteiger partial charge in [-0.3, -0.25) is 10.1 Å². The largest absolute Gasteiger partial charge is 0.373 e. The molecule has 0 aliphatic rings. The Morgan fingerprint density at radius 1 is 1.19 bits per heavy atom. The molecule has 1 atom stereocenters. The number of rotatable bonds is 4. The highest BCUT2D eigenvalue weighted by atomic mass is 35.5. The number of nitrogens with zero attached hydrogens (tertiary/aromatic N) is 1. The SMILES string of the molecule is CC(Nc1cc(Cl)c(Cl)cc1[N+](=O)[O-])c1ccc(F)cc1. The van der Waals surface area contributed by atoms with Gasteiger partial charge in [-0.2, -0.15) is 0 Å². The van der Waals surface area contributed by atoms with Crippen LogP contribution < -0.4 is 5.32 Å². The number of hydrogen-bond donors (Lipinski definition) is 1. The summed E-state index contributed by atoms with van der Waals surface area (Å²) in [6, 6.07) is 8.22. The number of nitrogens with one attached hydrogen (secondary N) is 1. The van der Waals surface area contributed by atoms with Gasteiger partial charge in [-0.05, 0) is 30.7 Å². The van der Waals surface area contributed by atoms with Gasteiger partial charge in [0.2, 0.25) is 0 Å². The Labute approximate surface area is 130 Å². The van der Waals surface area contributed by atoms with Crippen LogP contribution in [0.25, 0.3) is 0 Å². The zero-order chi connectivity index (χ0) is 15.6. The van der Waals surface area contributed by atoms with Crippen molar-refractivity contribution in [1.29, 1.82) is 0 Å². The lowest BCUT2D eigenvalue weighted by Gasteiger charge is -2.16. The summed E-state index contributed by atoms with van der Waals surface area (Å²) in [5.41, 5.74) is 0.876. The summed E-state index contributed by atoms with van der Waals surface area (Å²) in [4.78, 5) is 10.5. The lowest BCUT2D eigenvalue weighted by atomic mass is 10.1. The van der Waals surface area contributed by atoms with E-state index >= 15 is 0 Å². The zero-order valence-electron chi connectivity index (χ0n) is 10.9. The number of hydrogen-bond acceptors (Lipinski definition) is 3. The van der Waals surface area contributed by atoms with Gasteiger partial charge in [-0.15, -0.1) is 0 Å². The maximum absolute atomic E-state index is 12.9. The van der Waals surface area contributed by atoms with Crippen LogP contribution in [0.4, 0.5) is 15.8 Å².